The Bertz CT molecular complexity index is 709. The zero-order valence-corrected chi connectivity index (χ0v) is 12.9. The molecule has 1 aromatic carbocycles. The summed E-state index contributed by atoms with van der Waals surface area (Å²) >= 11 is 0. The lowest BCUT2D eigenvalue weighted by atomic mass is 9.99. The molecule has 22 heavy (non-hydrogen) atoms. The van der Waals surface area contributed by atoms with Crippen molar-refractivity contribution in [3.05, 3.63) is 41.3 Å². The molecule has 5 nitrogen and oxygen atoms in total. The average molecular weight is 320 g/mol. The van der Waals surface area contributed by atoms with Gasteiger partial charge in [-0.05, 0) is 43.4 Å². The predicted molar refractivity (Wildman–Crippen MR) is 86.6 cm³/mol. The molecule has 0 radical (unpaired) electrons. The van der Waals surface area contributed by atoms with Gasteiger partial charge in [-0.1, -0.05) is 11.2 Å². The normalized spacial score (nSPS) is 16.8. The number of amides is 1. The summed E-state index contributed by atoms with van der Waals surface area (Å²) in [6.45, 7) is 0.695. The van der Waals surface area contributed by atoms with E-state index in [0.717, 1.165) is 48.4 Å². The van der Waals surface area contributed by atoms with Crippen molar-refractivity contribution < 1.29 is 9.32 Å². The highest BCUT2D eigenvalue weighted by molar-refractivity contribution is 6.05. The van der Waals surface area contributed by atoms with Crippen LogP contribution in [-0.2, 0) is 6.42 Å². The predicted octanol–water partition coefficient (Wildman–Crippen LogP) is 3.15. The zero-order valence-electron chi connectivity index (χ0n) is 12.1. The Labute approximate surface area is 134 Å². The van der Waals surface area contributed by atoms with Crippen molar-refractivity contribution in [2.75, 3.05) is 17.2 Å². The number of benzene rings is 1. The Kier molecular flexibility index (Phi) is 3.83. The van der Waals surface area contributed by atoms with Crippen molar-refractivity contribution in [3.8, 4) is 0 Å². The maximum absolute atomic E-state index is 12.7. The molecular weight excluding hydrogens is 302 g/mol. The lowest BCUT2D eigenvalue weighted by Gasteiger charge is -2.29. The number of rotatable bonds is 2. The third kappa shape index (κ3) is 2.46. The van der Waals surface area contributed by atoms with Crippen LogP contribution in [0.1, 0.15) is 47.0 Å². The van der Waals surface area contributed by atoms with Gasteiger partial charge in [0, 0.05) is 29.9 Å². The number of anilines is 2. The molecular formula is C16H18ClN3O2. The van der Waals surface area contributed by atoms with Crippen LogP contribution in [0.5, 0.6) is 0 Å². The summed E-state index contributed by atoms with van der Waals surface area (Å²) in [5, 5.41) is 3.95. The third-order valence-electron chi connectivity index (χ3n) is 4.26. The molecule has 116 valence electrons. The Balaban J connectivity index is 0.00000144. The summed E-state index contributed by atoms with van der Waals surface area (Å²) in [4.78, 5) is 14.5. The van der Waals surface area contributed by atoms with Gasteiger partial charge in [-0.2, -0.15) is 0 Å². The second kappa shape index (κ2) is 5.65. The van der Waals surface area contributed by atoms with Crippen LogP contribution >= 0.6 is 12.4 Å². The summed E-state index contributed by atoms with van der Waals surface area (Å²) < 4.78 is 5.29. The fraction of sp³-hybridized carbons (Fsp3) is 0.375. The second-order valence-corrected chi connectivity index (χ2v) is 5.79. The highest BCUT2D eigenvalue weighted by Gasteiger charge is 2.31. The number of halogens is 1. The standard InChI is InChI=1S/C16H17N3O2.ClH/c17-12-4-1-5-14-11(12)3-2-8-19(14)16(20)13-9-15(21-18-13)10-6-7-10;/h1,4-5,9-10H,2-3,6-8,17H2;1H. The van der Waals surface area contributed by atoms with Gasteiger partial charge >= 0.3 is 0 Å². The molecule has 1 saturated carbocycles. The van der Waals surface area contributed by atoms with E-state index in [0.29, 0.717) is 18.2 Å². The van der Waals surface area contributed by atoms with E-state index in [2.05, 4.69) is 5.16 Å². The lowest BCUT2D eigenvalue weighted by molar-refractivity contribution is 0.0976. The van der Waals surface area contributed by atoms with Gasteiger partial charge in [-0.3, -0.25) is 4.79 Å². The van der Waals surface area contributed by atoms with Gasteiger partial charge in [0.15, 0.2) is 5.69 Å². The zero-order chi connectivity index (χ0) is 14.4. The Hall–Kier alpha value is -2.01. The largest absolute Gasteiger partial charge is 0.398 e. The number of fused-ring (bicyclic) bond motifs is 1. The van der Waals surface area contributed by atoms with Gasteiger partial charge in [0.05, 0.1) is 0 Å². The van der Waals surface area contributed by atoms with Crippen molar-refractivity contribution in [1.82, 2.24) is 5.16 Å². The van der Waals surface area contributed by atoms with Gasteiger partial charge in [0.2, 0.25) is 0 Å². The minimum atomic E-state index is -0.0998. The Morgan fingerprint density at radius 3 is 2.95 bits per heavy atom. The van der Waals surface area contributed by atoms with Crippen molar-refractivity contribution >= 4 is 29.7 Å². The molecule has 0 saturated heterocycles. The van der Waals surface area contributed by atoms with E-state index in [1.54, 1.807) is 11.0 Å². The van der Waals surface area contributed by atoms with Crippen LogP contribution in [-0.4, -0.2) is 17.6 Å². The highest BCUT2D eigenvalue weighted by Crippen LogP contribution is 2.40. The van der Waals surface area contributed by atoms with Gasteiger partial charge in [0.25, 0.3) is 5.91 Å². The number of nitrogens with zero attached hydrogens (tertiary/aromatic N) is 2. The van der Waals surface area contributed by atoms with E-state index >= 15 is 0 Å². The van der Waals surface area contributed by atoms with Crippen LogP contribution in [0.4, 0.5) is 11.4 Å². The molecule has 4 rings (SSSR count). The van der Waals surface area contributed by atoms with E-state index in [9.17, 15) is 4.79 Å². The summed E-state index contributed by atoms with van der Waals surface area (Å²) in [6, 6.07) is 7.51. The maximum Gasteiger partial charge on any atom is 0.280 e. The SMILES string of the molecule is Cl.Nc1cccc2c1CCCN2C(=O)c1cc(C2CC2)on1. The van der Waals surface area contributed by atoms with Gasteiger partial charge in [-0.25, -0.2) is 0 Å². The minimum Gasteiger partial charge on any atom is -0.398 e. The first kappa shape index (κ1) is 14.9. The molecule has 0 spiro atoms. The van der Waals surface area contributed by atoms with Crippen LogP contribution in [0.2, 0.25) is 0 Å². The third-order valence-corrected chi connectivity index (χ3v) is 4.26. The highest BCUT2D eigenvalue weighted by atomic mass is 35.5. The average Bonchev–Trinajstić information content (AvgIpc) is 3.24. The van der Waals surface area contributed by atoms with Gasteiger partial charge in [-0.15, -0.1) is 12.4 Å². The summed E-state index contributed by atoms with van der Waals surface area (Å²) in [6.07, 6.45) is 4.09. The van der Waals surface area contributed by atoms with Crippen molar-refractivity contribution in [2.45, 2.75) is 31.6 Å². The van der Waals surface area contributed by atoms with Crippen LogP contribution < -0.4 is 10.6 Å². The second-order valence-electron chi connectivity index (χ2n) is 5.79. The van der Waals surface area contributed by atoms with Crippen molar-refractivity contribution in [1.29, 1.82) is 0 Å². The van der Waals surface area contributed by atoms with E-state index in [-0.39, 0.29) is 18.3 Å². The van der Waals surface area contributed by atoms with Crippen molar-refractivity contribution in [3.63, 3.8) is 0 Å². The van der Waals surface area contributed by atoms with Gasteiger partial charge in [0.1, 0.15) is 5.76 Å². The summed E-state index contributed by atoms with van der Waals surface area (Å²) in [7, 11) is 0. The topological polar surface area (TPSA) is 72.4 Å². The smallest absolute Gasteiger partial charge is 0.280 e. The monoisotopic (exact) mass is 319 g/mol. The molecule has 2 N–H and O–H groups in total. The molecule has 0 atom stereocenters. The molecule has 1 amide bonds. The molecule has 2 aliphatic rings. The van der Waals surface area contributed by atoms with Crippen LogP contribution in [0, 0.1) is 0 Å². The number of nitrogens with two attached hydrogens (primary N) is 1. The molecule has 2 heterocycles. The number of hydrogen-bond donors (Lipinski definition) is 1. The molecule has 1 aromatic heterocycles. The Morgan fingerprint density at radius 2 is 2.18 bits per heavy atom. The van der Waals surface area contributed by atoms with Gasteiger partial charge < -0.3 is 15.2 Å². The van der Waals surface area contributed by atoms with Crippen LogP contribution in [0.15, 0.2) is 28.8 Å². The Morgan fingerprint density at radius 1 is 1.36 bits per heavy atom. The fourth-order valence-corrected chi connectivity index (χ4v) is 2.95. The van der Waals surface area contributed by atoms with E-state index in [4.69, 9.17) is 10.3 Å². The number of carbonyl (C=O) groups excluding carboxylic acids is 1. The fourth-order valence-electron chi connectivity index (χ4n) is 2.95. The number of nitrogen functional groups attached to an aromatic ring is 1. The summed E-state index contributed by atoms with van der Waals surface area (Å²) in [5.41, 5.74) is 9.13. The number of carbonyl (C=O) groups is 1. The van der Waals surface area contributed by atoms with Crippen LogP contribution in [0.3, 0.4) is 0 Å². The van der Waals surface area contributed by atoms with E-state index in [1.165, 1.54) is 0 Å². The van der Waals surface area contributed by atoms with Crippen molar-refractivity contribution in [2.24, 2.45) is 0 Å². The van der Waals surface area contributed by atoms with Crippen LogP contribution in [0.25, 0.3) is 0 Å². The molecule has 2 aromatic rings. The lowest BCUT2D eigenvalue weighted by Crippen LogP contribution is -2.35. The first-order valence-corrected chi connectivity index (χ1v) is 7.40. The summed E-state index contributed by atoms with van der Waals surface area (Å²) in [5.74, 6) is 1.20. The van der Waals surface area contributed by atoms with E-state index < -0.39 is 0 Å². The number of aromatic nitrogens is 1. The molecule has 0 unspecified atom stereocenters. The molecule has 1 aliphatic heterocycles. The molecule has 1 aliphatic carbocycles. The molecule has 0 bridgehead atoms. The molecule has 6 heteroatoms. The molecule has 1 fully saturated rings. The first-order chi connectivity index (χ1) is 10.2. The number of hydrogen-bond acceptors (Lipinski definition) is 4. The van der Waals surface area contributed by atoms with E-state index in [1.807, 2.05) is 18.2 Å². The quantitative estimate of drug-likeness (QED) is 0.863. The maximum atomic E-state index is 12.7. The first-order valence-electron chi connectivity index (χ1n) is 7.40. The minimum absolute atomic E-state index is 0.